The molecule has 4 aromatic rings. The van der Waals surface area contributed by atoms with E-state index in [-0.39, 0.29) is 22.9 Å². The number of hydrogen-bond acceptors (Lipinski definition) is 6. The summed E-state index contributed by atoms with van der Waals surface area (Å²) in [6.07, 6.45) is 5.03. The van der Waals surface area contributed by atoms with Gasteiger partial charge in [-0.1, -0.05) is 17.7 Å². The van der Waals surface area contributed by atoms with Gasteiger partial charge in [-0.2, -0.15) is 5.10 Å². The van der Waals surface area contributed by atoms with Crippen LogP contribution in [0.2, 0.25) is 0 Å². The van der Waals surface area contributed by atoms with Gasteiger partial charge in [0.1, 0.15) is 6.26 Å². The zero-order valence-corrected chi connectivity index (χ0v) is 23.1. The molecule has 0 unspecified atom stereocenters. The Balaban J connectivity index is 1.46. The maximum atomic E-state index is 13.2. The smallest absolute Gasteiger partial charge is 0.277 e. The van der Waals surface area contributed by atoms with Gasteiger partial charge in [0.15, 0.2) is 5.69 Å². The fourth-order valence-electron chi connectivity index (χ4n) is 5.59. The summed E-state index contributed by atoms with van der Waals surface area (Å²) in [7, 11) is 0. The molecule has 0 bridgehead atoms. The molecule has 3 heterocycles. The molecule has 1 aliphatic rings. The number of aliphatic hydroxyl groups is 1. The van der Waals surface area contributed by atoms with Crippen molar-refractivity contribution in [3.63, 3.8) is 0 Å². The molecule has 0 saturated carbocycles. The molecule has 2 N–H and O–H groups in total. The second-order valence-corrected chi connectivity index (χ2v) is 12.2. The predicted octanol–water partition coefficient (Wildman–Crippen LogP) is 6.39. The van der Waals surface area contributed by atoms with Crippen molar-refractivity contribution in [2.24, 2.45) is 0 Å². The maximum Gasteiger partial charge on any atom is 0.277 e. The third-order valence-corrected chi connectivity index (χ3v) is 6.95. The van der Waals surface area contributed by atoms with Crippen molar-refractivity contribution in [1.29, 1.82) is 0 Å². The molecular formula is C30H36N4O4. The number of aryl methyl sites for hydroxylation is 1. The van der Waals surface area contributed by atoms with Crippen LogP contribution in [0.1, 0.15) is 82.0 Å². The van der Waals surface area contributed by atoms with Gasteiger partial charge in [-0.3, -0.25) is 9.48 Å². The normalized spacial score (nSPS) is 17.6. The maximum absolute atomic E-state index is 13.2. The number of nitrogens with zero attached hydrogens (tertiary/aromatic N) is 3. The van der Waals surface area contributed by atoms with Crippen LogP contribution < -0.4 is 5.32 Å². The lowest BCUT2D eigenvalue weighted by Gasteiger charge is -2.45. The van der Waals surface area contributed by atoms with Gasteiger partial charge in [0.2, 0.25) is 5.89 Å². The monoisotopic (exact) mass is 516 g/mol. The molecule has 2 aromatic carbocycles. The van der Waals surface area contributed by atoms with E-state index in [1.54, 1.807) is 13.8 Å². The molecule has 2 aromatic heterocycles. The number of nitrogens with one attached hydrogen (secondary N) is 1. The quantitative estimate of drug-likeness (QED) is 0.319. The SMILES string of the molecule is Cc1cccc(-c2nc(C(=O)Nc3cc4cn(C5CC(C)(C)OC(C)(C)C5)nc4cc3C(C)(C)O)co2)c1. The molecule has 0 spiro atoms. The highest BCUT2D eigenvalue weighted by Gasteiger charge is 2.40. The van der Waals surface area contributed by atoms with Crippen LogP contribution in [0.15, 0.2) is 53.3 Å². The minimum atomic E-state index is -1.21. The molecule has 1 amide bonds. The number of rotatable bonds is 5. The number of amides is 1. The number of oxazole rings is 1. The number of hydrogen-bond donors (Lipinski definition) is 2. The van der Waals surface area contributed by atoms with Gasteiger partial charge in [-0.15, -0.1) is 0 Å². The topological polar surface area (TPSA) is 102 Å². The molecular weight excluding hydrogens is 480 g/mol. The summed E-state index contributed by atoms with van der Waals surface area (Å²) < 4.78 is 13.8. The summed E-state index contributed by atoms with van der Waals surface area (Å²) in [6, 6.07) is 11.6. The first-order valence-corrected chi connectivity index (χ1v) is 13.0. The number of carbonyl (C=O) groups excluding carboxylic acids is 1. The Bertz CT molecular complexity index is 1490. The standard InChI is InChI=1S/C30H36N4O4/c1-18-9-8-10-19(11-18)27-32-25(17-37-27)26(35)31-24-12-20-16-34(33-23(20)13-22(24)30(6,7)36)21-14-28(2,3)38-29(4,5)15-21/h8-13,16-17,21,36H,14-15H2,1-7H3,(H,31,35). The third-order valence-electron chi connectivity index (χ3n) is 6.95. The number of ether oxygens (including phenoxy) is 1. The second-order valence-electron chi connectivity index (χ2n) is 12.2. The van der Waals surface area contributed by atoms with Gasteiger partial charge in [0.05, 0.1) is 28.4 Å². The van der Waals surface area contributed by atoms with E-state index in [2.05, 4.69) is 38.0 Å². The number of fused-ring (bicyclic) bond motifs is 1. The van der Waals surface area contributed by atoms with E-state index >= 15 is 0 Å². The van der Waals surface area contributed by atoms with Crippen LogP contribution in [0.4, 0.5) is 5.69 Å². The Morgan fingerprint density at radius 2 is 1.84 bits per heavy atom. The molecule has 0 atom stereocenters. The summed E-state index contributed by atoms with van der Waals surface area (Å²) in [5.74, 6) is -0.0431. The van der Waals surface area contributed by atoms with E-state index in [4.69, 9.17) is 14.3 Å². The highest BCUT2D eigenvalue weighted by molar-refractivity contribution is 6.04. The van der Waals surface area contributed by atoms with Crippen molar-refractivity contribution >= 4 is 22.5 Å². The van der Waals surface area contributed by atoms with Crippen molar-refractivity contribution in [1.82, 2.24) is 14.8 Å². The Labute approximate surface area is 223 Å². The zero-order chi connectivity index (χ0) is 27.5. The lowest BCUT2D eigenvalue weighted by molar-refractivity contribution is -0.170. The van der Waals surface area contributed by atoms with E-state index in [1.807, 2.05) is 54.2 Å². The van der Waals surface area contributed by atoms with Crippen molar-refractivity contribution in [3.8, 4) is 11.5 Å². The Morgan fingerprint density at radius 3 is 2.50 bits per heavy atom. The van der Waals surface area contributed by atoms with Gasteiger partial charge in [-0.05, 0) is 85.6 Å². The third kappa shape index (κ3) is 5.37. The summed E-state index contributed by atoms with van der Waals surface area (Å²) in [5, 5.41) is 19.6. The molecule has 0 aliphatic carbocycles. The van der Waals surface area contributed by atoms with Gasteiger partial charge in [0.25, 0.3) is 5.91 Å². The molecule has 1 saturated heterocycles. The lowest BCUT2D eigenvalue weighted by Crippen LogP contribution is -2.45. The van der Waals surface area contributed by atoms with E-state index in [0.29, 0.717) is 17.1 Å². The van der Waals surface area contributed by atoms with Crippen LogP contribution in [0.25, 0.3) is 22.4 Å². The zero-order valence-electron chi connectivity index (χ0n) is 23.1. The average Bonchev–Trinajstić information content (AvgIpc) is 3.43. The van der Waals surface area contributed by atoms with E-state index in [0.717, 1.165) is 34.9 Å². The van der Waals surface area contributed by atoms with Gasteiger partial charge < -0.3 is 19.6 Å². The summed E-state index contributed by atoms with van der Waals surface area (Å²) in [4.78, 5) is 17.6. The first-order chi connectivity index (χ1) is 17.7. The number of benzene rings is 2. The van der Waals surface area contributed by atoms with Crippen molar-refractivity contribution in [2.75, 3.05) is 5.32 Å². The van der Waals surface area contributed by atoms with Crippen LogP contribution in [0.5, 0.6) is 0 Å². The summed E-state index contributed by atoms with van der Waals surface area (Å²) in [5.41, 5.74) is 2.11. The van der Waals surface area contributed by atoms with E-state index in [9.17, 15) is 9.90 Å². The molecule has 200 valence electrons. The minimum Gasteiger partial charge on any atom is -0.444 e. The van der Waals surface area contributed by atoms with Crippen molar-refractivity contribution < 1.29 is 19.1 Å². The van der Waals surface area contributed by atoms with E-state index < -0.39 is 11.5 Å². The van der Waals surface area contributed by atoms with Crippen LogP contribution in [-0.4, -0.2) is 37.0 Å². The predicted molar refractivity (Wildman–Crippen MR) is 147 cm³/mol. The van der Waals surface area contributed by atoms with Gasteiger partial charge >= 0.3 is 0 Å². The Morgan fingerprint density at radius 1 is 1.13 bits per heavy atom. The fourth-order valence-corrected chi connectivity index (χ4v) is 5.59. The molecule has 8 heteroatoms. The highest BCUT2D eigenvalue weighted by atomic mass is 16.5. The minimum absolute atomic E-state index is 0.158. The number of carbonyl (C=O) groups is 1. The summed E-state index contributed by atoms with van der Waals surface area (Å²) >= 11 is 0. The van der Waals surface area contributed by atoms with Crippen LogP contribution in [-0.2, 0) is 10.3 Å². The Kier molecular flexibility index (Phi) is 6.23. The van der Waals surface area contributed by atoms with Crippen LogP contribution in [0, 0.1) is 6.92 Å². The Hall–Kier alpha value is -3.49. The second kappa shape index (κ2) is 9.06. The largest absolute Gasteiger partial charge is 0.444 e. The molecule has 38 heavy (non-hydrogen) atoms. The fraction of sp³-hybridized carbons (Fsp3) is 0.433. The molecule has 5 rings (SSSR count). The molecule has 0 radical (unpaired) electrons. The summed E-state index contributed by atoms with van der Waals surface area (Å²) in [6.45, 7) is 13.8. The highest BCUT2D eigenvalue weighted by Crippen LogP contribution is 2.41. The number of anilines is 1. The van der Waals surface area contributed by atoms with Gasteiger partial charge in [0, 0.05) is 28.4 Å². The average molecular weight is 517 g/mol. The molecule has 1 aliphatic heterocycles. The first-order valence-electron chi connectivity index (χ1n) is 13.0. The van der Waals surface area contributed by atoms with Crippen LogP contribution in [0.3, 0.4) is 0 Å². The van der Waals surface area contributed by atoms with Crippen molar-refractivity contribution in [3.05, 3.63) is 65.7 Å². The molecule has 8 nitrogen and oxygen atoms in total. The molecule has 1 fully saturated rings. The van der Waals surface area contributed by atoms with Gasteiger partial charge in [-0.25, -0.2) is 4.98 Å². The number of aromatic nitrogens is 3. The van der Waals surface area contributed by atoms with E-state index in [1.165, 1.54) is 6.26 Å². The van der Waals surface area contributed by atoms with Crippen LogP contribution >= 0.6 is 0 Å². The van der Waals surface area contributed by atoms with Crippen molar-refractivity contribution in [2.45, 2.75) is 84.2 Å². The first kappa shape index (κ1) is 26.1. The lowest BCUT2D eigenvalue weighted by atomic mass is 9.85.